The lowest BCUT2D eigenvalue weighted by Crippen LogP contribution is -2.56. The molecular formula is C18H23NO2. The number of benzene rings is 1. The number of nitrogens with zero attached hydrogens (tertiary/aromatic N) is 1. The molecule has 2 atom stereocenters. The van der Waals surface area contributed by atoms with Gasteiger partial charge in [-0.3, -0.25) is 0 Å². The lowest BCUT2D eigenvalue weighted by atomic mass is 9.61. The molecule has 1 aromatic carbocycles. The van der Waals surface area contributed by atoms with Gasteiger partial charge in [-0.2, -0.15) is 5.26 Å². The second-order valence-electron chi connectivity index (χ2n) is 6.75. The summed E-state index contributed by atoms with van der Waals surface area (Å²) in [5.41, 5.74) is -0.819. The highest BCUT2D eigenvalue weighted by molar-refractivity contribution is 5.38. The van der Waals surface area contributed by atoms with E-state index in [1.54, 1.807) is 0 Å². The minimum absolute atomic E-state index is 0.194. The zero-order valence-corrected chi connectivity index (χ0v) is 12.6. The van der Waals surface area contributed by atoms with Crippen molar-refractivity contribution >= 4 is 0 Å². The SMILES string of the molecule is CC(O)(C1CCCCC1)C1(C#N)COc2ccccc2C1. The molecule has 3 nitrogen and oxygen atoms in total. The molecule has 21 heavy (non-hydrogen) atoms. The van der Waals surface area contributed by atoms with Crippen molar-refractivity contribution in [2.24, 2.45) is 11.3 Å². The van der Waals surface area contributed by atoms with Gasteiger partial charge in [0.05, 0.1) is 11.7 Å². The summed E-state index contributed by atoms with van der Waals surface area (Å²) >= 11 is 0. The lowest BCUT2D eigenvalue weighted by Gasteiger charge is -2.48. The zero-order valence-electron chi connectivity index (χ0n) is 12.6. The Labute approximate surface area is 126 Å². The van der Waals surface area contributed by atoms with Gasteiger partial charge in [-0.25, -0.2) is 0 Å². The molecule has 1 saturated carbocycles. The standard InChI is InChI=1S/C18H23NO2/c1-17(20,15-8-3-2-4-9-15)18(12-19)11-14-7-5-6-10-16(14)21-13-18/h5-7,10,15,20H,2-4,8-9,11,13H2,1H3. The molecule has 1 N–H and O–H groups in total. The van der Waals surface area contributed by atoms with Crippen molar-refractivity contribution in [3.8, 4) is 11.8 Å². The van der Waals surface area contributed by atoms with Gasteiger partial charge in [-0.1, -0.05) is 37.5 Å². The molecule has 0 amide bonds. The number of para-hydroxylation sites is 1. The largest absolute Gasteiger partial charge is 0.492 e. The van der Waals surface area contributed by atoms with Crippen LogP contribution in [0.4, 0.5) is 0 Å². The third kappa shape index (κ3) is 2.32. The summed E-state index contributed by atoms with van der Waals surface area (Å²) in [7, 11) is 0. The van der Waals surface area contributed by atoms with Crippen molar-refractivity contribution in [3.63, 3.8) is 0 Å². The molecule has 0 aromatic heterocycles. The highest BCUT2D eigenvalue weighted by atomic mass is 16.5. The van der Waals surface area contributed by atoms with Crippen molar-refractivity contribution < 1.29 is 9.84 Å². The molecule has 1 aliphatic carbocycles. The van der Waals surface area contributed by atoms with Gasteiger partial charge in [0, 0.05) is 6.42 Å². The highest BCUT2D eigenvalue weighted by Crippen LogP contribution is 2.48. The van der Waals surface area contributed by atoms with Gasteiger partial charge >= 0.3 is 0 Å². The molecule has 2 unspecified atom stereocenters. The maximum atomic E-state index is 11.2. The van der Waals surface area contributed by atoms with Crippen LogP contribution in [0.15, 0.2) is 24.3 Å². The fourth-order valence-corrected chi connectivity index (χ4v) is 3.93. The smallest absolute Gasteiger partial charge is 0.124 e. The van der Waals surface area contributed by atoms with E-state index in [-0.39, 0.29) is 12.5 Å². The predicted octanol–water partition coefficient (Wildman–Crippen LogP) is 3.46. The number of aliphatic hydroxyl groups is 1. The summed E-state index contributed by atoms with van der Waals surface area (Å²) in [6.45, 7) is 2.13. The van der Waals surface area contributed by atoms with E-state index in [0.29, 0.717) is 6.42 Å². The third-order valence-electron chi connectivity index (χ3n) is 5.52. The van der Waals surface area contributed by atoms with Crippen LogP contribution in [0.2, 0.25) is 0 Å². The maximum Gasteiger partial charge on any atom is 0.124 e. The van der Waals surface area contributed by atoms with Crippen molar-refractivity contribution in [1.29, 1.82) is 5.26 Å². The summed E-state index contributed by atoms with van der Waals surface area (Å²) in [5.74, 6) is 1.04. The Morgan fingerprint density at radius 2 is 2.00 bits per heavy atom. The summed E-state index contributed by atoms with van der Waals surface area (Å²) in [4.78, 5) is 0. The van der Waals surface area contributed by atoms with Crippen LogP contribution in [0, 0.1) is 22.7 Å². The quantitative estimate of drug-likeness (QED) is 0.905. The van der Waals surface area contributed by atoms with Gasteiger partial charge in [0.25, 0.3) is 0 Å². The van der Waals surface area contributed by atoms with Crippen LogP contribution < -0.4 is 4.74 Å². The van der Waals surface area contributed by atoms with Gasteiger partial charge in [-0.05, 0) is 37.3 Å². The van der Waals surface area contributed by atoms with Crippen molar-refractivity contribution in [2.45, 2.75) is 51.0 Å². The van der Waals surface area contributed by atoms with Gasteiger partial charge in [0.15, 0.2) is 0 Å². The van der Waals surface area contributed by atoms with Crippen LogP contribution in [-0.4, -0.2) is 17.3 Å². The van der Waals surface area contributed by atoms with Gasteiger partial charge in [0.1, 0.15) is 17.8 Å². The molecule has 1 aromatic rings. The van der Waals surface area contributed by atoms with E-state index in [1.807, 2.05) is 31.2 Å². The number of nitriles is 1. The summed E-state index contributed by atoms with van der Waals surface area (Å²) < 4.78 is 5.82. The maximum absolute atomic E-state index is 11.2. The van der Waals surface area contributed by atoms with Gasteiger partial charge in [0.2, 0.25) is 0 Å². The van der Waals surface area contributed by atoms with E-state index in [0.717, 1.165) is 37.0 Å². The predicted molar refractivity (Wildman–Crippen MR) is 80.9 cm³/mol. The fraction of sp³-hybridized carbons (Fsp3) is 0.611. The number of rotatable bonds is 2. The first-order valence-electron chi connectivity index (χ1n) is 7.93. The number of ether oxygens (including phenoxy) is 1. The fourth-order valence-electron chi connectivity index (χ4n) is 3.93. The molecule has 3 heteroatoms. The van der Waals surface area contributed by atoms with Gasteiger partial charge in [-0.15, -0.1) is 0 Å². The van der Waals surface area contributed by atoms with Crippen LogP contribution in [-0.2, 0) is 6.42 Å². The Morgan fingerprint density at radius 1 is 1.29 bits per heavy atom. The van der Waals surface area contributed by atoms with E-state index in [9.17, 15) is 10.4 Å². The summed E-state index contributed by atoms with van der Waals surface area (Å²) in [6, 6.07) is 10.3. The minimum atomic E-state index is -1.00. The molecule has 1 heterocycles. The second-order valence-corrected chi connectivity index (χ2v) is 6.75. The number of hydrogen-bond donors (Lipinski definition) is 1. The normalized spacial score (nSPS) is 28.8. The van der Waals surface area contributed by atoms with Crippen LogP contribution in [0.3, 0.4) is 0 Å². The Morgan fingerprint density at radius 3 is 2.71 bits per heavy atom. The molecule has 112 valence electrons. The van der Waals surface area contributed by atoms with Crippen molar-refractivity contribution in [1.82, 2.24) is 0 Å². The molecule has 0 radical (unpaired) electrons. The van der Waals surface area contributed by atoms with Crippen molar-refractivity contribution in [3.05, 3.63) is 29.8 Å². The second kappa shape index (κ2) is 5.35. The van der Waals surface area contributed by atoms with Crippen LogP contribution in [0.25, 0.3) is 0 Å². The van der Waals surface area contributed by atoms with Crippen LogP contribution >= 0.6 is 0 Å². The monoisotopic (exact) mass is 285 g/mol. The molecule has 0 saturated heterocycles. The zero-order chi connectivity index (χ0) is 14.9. The van der Waals surface area contributed by atoms with E-state index in [2.05, 4.69) is 6.07 Å². The molecule has 1 fully saturated rings. The van der Waals surface area contributed by atoms with Gasteiger partial charge < -0.3 is 9.84 Å². The van der Waals surface area contributed by atoms with Crippen LogP contribution in [0.1, 0.15) is 44.6 Å². The van der Waals surface area contributed by atoms with E-state index < -0.39 is 11.0 Å². The average molecular weight is 285 g/mol. The number of hydrogen-bond acceptors (Lipinski definition) is 3. The first-order chi connectivity index (χ1) is 10.1. The molecule has 0 bridgehead atoms. The Hall–Kier alpha value is -1.53. The highest BCUT2D eigenvalue weighted by Gasteiger charge is 2.54. The first-order valence-corrected chi connectivity index (χ1v) is 7.93. The first kappa shape index (κ1) is 14.4. The topological polar surface area (TPSA) is 53.2 Å². The Bertz CT molecular complexity index is 555. The third-order valence-corrected chi connectivity index (χ3v) is 5.52. The Kier molecular flexibility index (Phi) is 3.67. The van der Waals surface area contributed by atoms with Crippen molar-refractivity contribution in [2.75, 3.05) is 6.61 Å². The molecular weight excluding hydrogens is 262 g/mol. The summed E-state index contributed by atoms with van der Waals surface area (Å²) in [6.07, 6.45) is 6.14. The van der Waals surface area contributed by atoms with E-state index >= 15 is 0 Å². The Balaban J connectivity index is 1.92. The molecule has 0 spiro atoms. The molecule has 1 aliphatic heterocycles. The van der Waals surface area contributed by atoms with E-state index in [1.165, 1.54) is 6.42 Å². The van der Waals surface area contributed by atoms with Crippen LogP contribution in [0.5, 0.6) is 5.75 Å². The molecule has 3 rings (SSSR count). The summed E-state index contributed by atoms with van der Waals surface area (Å²) in [5, 5.41) is 21.1. The molecule has 2 aliphatic rings. The lowest BCUT2D eigenvalue weighted by molar-refractivity contribution is -0.116. The van der Waals surface area contributed by atoms with E-state index in [4.69, 9.17) is 4.74 Å². The minimum Gasteiger partial charge on any atom is -0.492 e. The number of fused-ring (bicyclic) bond motifs is 1. The average Bonchev–Trinajstić information content (AvgIpc) is 2.55.